The van der Waals surface area contributed by atoms with Gasteiger partial charge in [-0.15, -0.1) is 0 Å². The number of hydrogen-bond donors (Lipinski definition) is 3. The summed E-state index contributed by atoms with van der Waals surface area (Å²) >= 11 is 6.26. The molecule has 5 aromatic rings. The molecule has 0 amide bonds. The number of nitrogens with two attached hydrogens (primary N) is 1. The number of hydrazone groups is 1. The van der Waals surface area contributed by atoms with E-state index < -0.39 is 0 Å². The van der Waals surface area contributed by atoms with Crippen LogP contribution < -0.4 is 16.5 Å². The number of aromatic nitrogens is 3. The van der Waals surface area contributed by atoms with Crippen LogP contribution in [0.5, 0.6) is 0 Å². The summed E-state index contributed by atoms with van der Waals surface area (Å²) in [6.07, 6.45) is 5.39. The maximum atomic E-state index is 6.26. The van der Waals surface area contributed by atoms with Crippen LogP contribution in [0.4, 0.5) is 23.1 Å². The van der Waals surface area contributed by atoms with E-state index in [1.165, 1.54) is 11.8 Å². The fourth-order valence-corrected chi connectivity index (χ4v) is 3.85. The molecule has 7 nitrogen and oxygen atoms in total. The molecule has 0 aliphatic heterocycles. The Labute approximate surface area is 201 Å². The Morgan fingerprint density at radius 1 is 1.00 bits per heavy atom. The number of anilines is 4. The van der Waals surface area contributed by atoms with Crippen molar-refractivity contribution in [3.05, 3.63) is 107 Å². The molecule has 0 fully saturated rings. The van der Waals surface area contributed by atoms with Crippen molar-refractivity contribution in [1.82, 2.24) is 14.5 Å². The fraction of sp³-hybridized carbons (Fsp3) is 0.0385. The van der Waals surface area contributed by atoms with E-state index in [0.717, 1.165) is 28.7 Å². The first-order valence-corrected chi connectivity index (χ1v) is 11.1. The predicted molar refractivity (Wildman–Crippen MR) is 140 cm³/mol. The fourth-order valence-electron chi connectivity index (χ4n) is 3.71. The molecule has 2 heterocycles. The van der Waals surface area contributed by atoms with Crippen LogP contribution in [0.15, 0.2) is 96.4 Å². The highest BCUT2D eigenvalue weighted by Gasteiger charge is 2.08. The lowest BCUT2D eigenvalue weighted by Crippen LogP contribution is -2.01. The molecule has 8 heteroatoms. The normalized spacial score (nSPS) is 11.2. The van der Waals surface area contributed by atoms with Crippen LogP contribution in [0.2, 0.25) is 5.02 Å². The Balaban J connectivity index is 1.35. The van der Waals surface area contributed by atoms with Crippen LogP contribution in [0.25, 0.3) is 10.9 Å². The predicted octanol–water partition coefficient (Wildman–Crippen LogP) is 5.90. The van der Waals surface area contributed by atoms with Crippen LogP contribution in [-0.2, 0) is 6.54 Å². The molecule has 4 N–H and O–H groups in total. The third-order valence-corrected chi connectivity index (χ3v) is 5.55. The molecule has 34 heavy (non-hydrogen) atoms. The zero-order chi connectivity index (χ0) is 23.3. The van der Waals surface area contributed by atoms with Gasteiger partial charge in [-0.1, -0.05) is 66.2 Å². The maximum absolute atomic E-state index is 6.26. The molecule has 5 rings (SSSR count). The number of hydrogen-bond acceptors (Lipinski definition) is 6. The minimum Gasteiger partial charge on any atom is -0.399 e. The van der Waals surface area contributed by atoms with E-state index in [0.29, 0.717) is 22.5 Å². The Morgan fingerprint density at radius 2 is 1.82 bits per heavy atom. The average Bonchev–Trinajstić information content (AvgIpc) is 3.19. The van der Waals surface area contributed by atoms with Gasteiger partial charge in [-0.2, -0.15) is 10.1 Å². The SMILES string of the molecule is Nc1cccc(Nc2nc(N/N=C/c3cn(Cc4ccccc4)c4ccccc34)ncc2Cl)c1. The van der Waals surface area contributed by atoms with E-state index in [9.17, 15) is 0 Å². The molecular weight excluding hydrogens is 446 g/mol. The zero-order valence-electron chi connectivity index (χ0n) is 18.2. The lowest BCUT2D eigenvalue weighted by molar-refractivity contribution is 0.836. The molecule has 0 atom stereocenters. The van der Waals surface area contributed by atoms with Crippen molar-refractivity contribution in [3.8, 4) is 0 Å². The van der Waals surface area contributed by atoms with Crippen LogP contribution in [0.1, 0.15) is 11.1 Å². The quantitative estimate of drug-likeness (QED) is 0.157. The van der Waals surface area contributed by atoms with Crippen LogP contribution in [0, 0.1) is 0 Å². The van der Waals surface area contributed by atoms with Gasteiger partial charge in [-0.05, 0) is 29.8 Å². The van der Waals surface area contributed by atoms with Gasteiger partial charge < -0.3 is 15.6 Å². The lowest BCUT2D eigenvalue weighted by Gasteiger charge is -2.09. The van der Waals surface area contributed by atoms with Gasteiger partial charge in [-0.25, -0.2) is 10.4 Å². The van der Waals surface area contributed by atoms with Crippen molar-refractivity contribution in [1.29, 1.82) is 0 Å². The molecule has 0 unspecified atom stereocenters. The van der Waals surface area contributed by atoms with E-state index >= 15 is 0 Å². The monoisotopic (exact) mass is 467 g/mol. The topological polar surface area (TPSA) is 93.1 Å². The molecule has 0 saturated heterocycles. The Bertz CT molecular complexity index is 1460. The highest BCUT2D eigenvalue weighted by Crippen LogP contribution is 2.25. The summed E-state index contributed by atoms with van der Waals surface area (Å²) in [6.45, 7) is 0.780. The van der Waals surface area contributed by atoms with Gasteiger partial charge in [0.2, 0.25) is 5.95 Å². The summed E-state index contributed by atoms with van der Waals surface area (Å²) in [5.74, 6) is 0.777. The third kappa shape index (κ3) is 4.84. The molecule has 0 saturated carbocycles. The summed E-state index contributed by atoms with van der Waals surface area (Å²) in [4.78, 5) is 8.64. The highest BCUT2D eigenvalue weighted by molar-refractivity contribution is 6.32. The van der Waals surface area contributed by atoms with Crippen molar-refractivity contribution >= 4 is 51.9 Å². The maximum Gasteiger partial charge on any atom is 0.245 e. The van der Waals surface area contributed by atoms with Crippen LogP contribution in [0.3, 0.4) is 0 Å². The van der Waals surface area contributed by atoms with Crippen molar-refractivity contribution in [2.75, 3.05) is 16.5 Å². The largest absolute Gasteiger partial charge is 0.399 e. The number of para-hydroxylation sites is 1. The first-order valence-electron chi connectivity index (χ1n) is 10.7. The standard InChI is InChI=1S/C26H22ClN7/c27-23-15-29-26(32-25(23)31-21-10-6-9-20(28)13-21)33-30-14-19-17-34(16-18-7-2-1-3-8-18)24-12-5-4-11-22(19)24/h1-15,17H,16,28H2,(H2,29,31,32,33)/b30-14+. The zero-order valence-corrected chi connectivity index (χ0v) is 18.9. The Hall–Kier alpha value is -4.36. The van der Waals surface area contributed by atoms with Crippen molar-refractivity contribution < 1.29 is 0 Å². The minimum atomic E-state index is 0.320. The Kier molecular flexibility index (Phi) is 6.09. The van der Waals surface area contributed by atoms with E-state index in [-0.39, 0.29) is 0 Å². The van der Waals surface area contributed by atoms with Crippen LogP contribution in [-0.4, -0.2) is 20.7 Å². The number of halogens is 1. The number of rotatable bonds is 7. The van der Waals surface area contributed by atoms with Gasteiger partial charge >= 0.3 is 0 Å². The van der Waals surface area contributed by atoms with E-state index in [4.69, 9.17) is 17.3 Å². The number of nitrogens with one attached hydrogen (secondary N) is 2. The summed E-state index contributed by atoms with van der Waals surface area (Å²) in [5.41, 5.74) is 13.5. The van der Waals surface area contributed by atoms with E-state index in [2.05, 4.69) is 73.0 Å². The summed E-state index contributed by atoms with van der Waals surface area (Å²) in [6, 6.07) is 26.0. The second-order valence-electron chi connectivity index (χ2n) is 7.73. The lowest BCUT2D eigenvalue weighted by atomic mass is 10.2. The first kappa shape index (κ1) is 21.5. The highest BCUT2D eigenvalue weighted by atomic mass is 35.5. The summed E-state index contributed by atoms with van der Waals surface area (Å²) < 4.78 is 2.22. The Morgan fingerprint density at radius 3 is 2.68 bits per heavy atom. The molecule has 0 aliphatic rings. The van der Waals surface area contributed by atoms with E-state index in [1.807, 2.05) is 36.4 Å². The van der Waals surface area contributed by atoms with Gasteiger partial charge in [0.25, 0.3) is 0 Å². The molecule has 0 bridgehead atoms. The molecular formula is C26H22ClN7. The number of nitrogen functional groups attached to an aromatic ring is 1. The molecule has 0 radical (unpaired) electrons. The molecule has 0 spiro atoms. The number of fused-ring (bicyclic) bond motifs is 1. The smallest absolute Gasteiger partial charge is 0.245 e. The van der Waals surface area contributed by atoms with Crippen molar-refractivity contribution in [2.24, 2.45) is 5.10 Å². The summed E-state index contributed by atoms with van der Waals surface area (Å²) in [5, 5.41) is 9.03. The molecule has 0 aliphatic carbocycles. The van der Waals surface area contributed by atoms with Gasteiger partial charge in [0.05, 0.1) is 12.4 Å². The van der Waals surface area contributed by atoms with Crippen LogP contribution >= 0.6 is 11.6 Å². The minimum absolute atomic E-state index is 0.320. The molecule has 2 aromatic heterocycles. The summed E-state index contributed by atoms with van der Waals surface area (Å²) in [7, 11) is 0. The molecule has 3 aromatic carbocycles. The van der Waals surface area contributed by atoms with Gasteiger partial charge in [0.15, 0.2) is 5.82 Å². The van der Waals surface area contributed by atoms with Crippen molar-refractivity contribution in [3.63, 3.8) is 0 Å². The third-order valence-electron chi connectivity index (χ3n) is 5.28. The van der Waals surface area contributed by atoms with Crippen molar-refractivity contribution in [2.45, 2.75) is 6.54 Å². The average molecular weight is 468 g/mol. The number of nitrogens with zero attached hydrogens (tertiary/aromatic N) is 4. The molecule has 168 valence electrons. The second kappa shape index (κ2) is 9.64. The van der Waals surface area contributed by atoms with E-state index in [1.54, 1.807) is 12.3 Å². The second-order valence-corrected chi connectivity index (χ2v) is 8.13. The van der Waals surface area contributed by atoms with Gasteiger partial charge in [-0.3, -0.25) is 0 Å². The first-order chi connectivity index (χ1) is 16.7. The van der Waals surface area contributed by atoms with Gasteiger partial charge in [0, 0.05) is 40.6 Å². The van der Waals surface area contributed by atoms with Gasteiger partial charge in [0.1, 0.15) is 5.02 Å². The number of benzene rings is 3.